The van der Waals surface area contributed by atoms with Crippen molar-refractivity contribution in [2.45, 2.75) is 32.1 Å². The molecule has 2 aromatic carbocycles. The Kier molecular flexibility index (Phi) is 6.76. The van der Waals surface area contributed by atoms with Crippen molar-refractivity contribution >= 4 is 21.6 Å². The number of carbonyl (C=O) groups excluding carboxylic acids is 1. The van der Waals surface area contributed by atoms with Crippen molar-refractivity contribution in [1.82, 2.24) is 4.72 Å². The zero-order valence-electron chi connectivity index (χ0n) is 15.2. The van der Waals surface area contributed by atoms with E-state index in [4.69, 9.17) is 4.74 Å². The molecule has 0 radical (unpaired) electrons. The Morgan fingerprint density at radius 1 is 1.04 bits per heavy atom. The number of benzene rings is 2. The number of anilines is 1. The van der Waals surface area contributed by atoms with Crippen LogP contribution in [0.25, 0.3) is 0 Å². The lowest BCUT2D eigenvalue weighted by molar-refractivity contribution is -0.118. The fourth-order valence-electron chi connectivity index (χ4n) is 2.40. The molecule has 0 aliphatic carbocycles. The number of hydrogen-bond donors (Lipinski definition) is 2. The van der Waals surface area contributed by atoms with Crippen molar-refractivity contribution in [3.63, 3.8) is 0 Å². The Balaban J connectivity index is 1.95. The molecule has 2 rings (SSSR count). The van der Waals surface area contributed by atoms with Gasteiger partial charge in [0, 0.05) is 12.2 Å². The van der Waals surface area contributed by atoms with Crippen LogP contribution >= 0.6 is 0 Å². The van der Waals surface area contributed by atoms with E-state index >= 15 is 0 Å². The molecule has 6 nitrogen and oxygen atoms in total. The van der Waals surface area contributed by atoms with E-state index in [0.717, 1.165) is 11.1 Å². The van der Waals surface area contributed by atoms with Gasteiger partial charge in [-0.3, -0.25) is 4.79 Å². The molecule has 0 aliphatic rings. The molecule has 0 spiro atoms. The SMILES string of the molecule is CCCNS(=O)(=O)c1ccc(NC(=O)COc2c(C)cccc2C)cc1. The second-order valence-electron chi connectivity index (χ2n) is 5.98. The average molecular weight is 376 g/mol. The predicted octanol–water partition coefficient (Wildman–Crippen LogP) is 3.01. The van der Waals surface area contributed by atoms with Crippen LogP contribution in [0.2, 0.25) is 0 Å². The van der Waals surface area contributed by atoms with E-state index in [1.807, 2.05) is 39.0 Å². The molecule has 7 heteroatoms. The van der Waals surface area contributed by atoms with Gasteiger partial charge in [0.1, 0.15) is 5.75 Å². The Hall–Kier alpha value is -2.38. The number of carbonyl (C=O) groups is 1. The Morgan fingerprint density at radius 2 is 1.65 bits per heavy atom. The zero-order chi connectivity index (χ0) is 19.2. The number of aryl methyl sites for hydroxylation is 2. The van der Waals surface area contributed by atoms with Crippen LogP contribution in [-0.2, 0) is 14.8 Å². The monoisotopic (exact) mass is 376 g/mol. The van der Waals surface area contributed by atoms with Crippen LogP contribution in [-0.4, -0.2) is 27.5 Å². The normalized spacial score (nSPS) is 11.2. The molecular formula is C19H24N2O4S. The Morgan fingerprint density at radius 3 is 2.23 bits per heavy atom. The fourth-order valence-corrected chi connectivity index (χ4v) is 3.53. The van der Waals surface area contributed by atoms with E-state index in [-0.39, 0.29) is 17.4 Å². The summed E-state index contributed by atoms with van der Waals surface area (Å²) in [5.74, 6) is 0.387. The van der Waals surface area contributed by atoms with E-state index in [9.17, 15) is 13.2 Å². The van der Waals surface area contributed by atoms with Crippen molar-refractivity contribution in [2.75, 3.05) is 18.5 Å². The molecular weight excluding hydrogens is 352 g/mol. The molecule has 26 heavy (non-hydrogen) atoms. The fraction of sp³-hybridized carbons (Fsp3) is 0.316. The van der Waals surface area contributed by atoms with Gasteiger partial charge in [0.2, 0.25) is 10.0 Å². The van der Waals surface area contributed by atoms with Crippen molar-refractivity contribution in [1.29, 1.82) is 0 Å². The predicted molar refractivity (Wildman–Crippen MR) is 102 cm³/mol. The quantitative estimate of drug-likeness (QED) is 0.742. The van der Waals surface area contributed by atoms with Crippen LogP contribution in [0.3, 0.4) is 0 Å². The molecule has 2 aromatic rings. The van der Waals surface area contributed by atoms with E-state index in [0.29, 0.717) is 24.4 Å². The second-order valence-corrected chi connectivity index (χ2v) is 7.75. The number of nitrogens with one attached hydrogen (secondary N) is 2. The summed E-state index contributed by atoms with van der Waals surface area (Å²) in [6, 6.07) is 11.8. The summed E-state index contributed by atoms with van der Waals surface area (Å²) >= 11 is 0. The molecule has 0 saturated carbocycles. The first-order chi connectivity index (χ1) is 12.3. The molecule has 140 valence electrons. The van der Waals surface area contributed by atoms with Gasteiger partial charge in [0.15, 0.2) is 6.61 Å². The summed E-state index contributed by atoms with van der Waals surface area (Å²) in [4.78, 5) is 12.2. The molecule has 0 atom stereocenters. The number of ether oxygens (including phenoxy) is 1. The highest BCUT2D eigenvalue weighted by molar-refractivity contribution is 7.89. The zero-order valence-corrected chi connectivity index (χ0v) is 16.0. The molecule has 0 unspecified atom stereocenters. The summed E-state index contributed by atoms with van der Waals surface area (Å²) in [6.45, 7) is 6.00. The van der Waals surface area contributed by atoms with Crippen molar-refractivity contribution < 1.29 is 17.9 Å². The second kappa shape index (κ2) is 8.82. The van der Waals surface area contributed by atoms with Gasteiger partial charge in [-0.1, -0.05) is 25.1 Å². The van der Waals surface area contributed by atoms with Gasteiger partial charge in [0.05, 0.1) is 4.90 Å². The number of rotatable bonds is 8. The lowest BCUT2D eigenvalue weighted by Gasteiger charge is -2.12. The van der Waals surface area contributed by atoms with E-state index in [2.05, 4.69) is 10.0 Å². The maximum atomic E-state index is 12.1. The van der Waals surface area contributed by atoms with E-state index < -0.39 is 10.0 Å². The Labute approximate surface area is 154 Å². The molecule has 0 heterocycles. The summed E-state index contributed by atoms with van der Waals surface area (Å²) in [7, 11) is -3.51. The van der Waals surface area contributed by atoms with Crippen molar-refractivity contribution in [3.8, 4) is 5.75 Å². The highest BCUT2D eigenvalue weighted by atomic mass is 32.2. The van der Waals surface area contributed by atoms with Crippen molar-refractivity contribution in [2.24, 2.45) is 0 Å². The maximum absolute atomic E-state index is 12.1. The lowest BCUT2D eigenvalue weighted by atomic mass is 10.1. The van der Waals surface area contributed by atoms with Gasteiger partial charge in [-0.25, -0.2) is 13.1 Å². The largest absolute Gasteiger partial charge is 0.483 e. The minimum atomic E-state index is -3.51. The van der Waals surface area contributed by atoms with Crippen LogP contribution < -0.4 is 14.8 Å². The number of sulfonamides is 1. The summed E-state index contributed by atoms with van der Waals surface area (Å²) in [6.07, 6.45) is 0.716. The van der Waals surface area contributed by atoms with Gasteiger partial charge < -0.3 is 10.1 Å². The number of amides is 1. The summed E-state index contributed by atoms with van der Waals surface area (Å²) in [5, 5.41) is 2.69. The number of hydrogen-bond acceptors (Lipinski definition) is 4. The third-order valence-corrected chi connectivity index (χ3v) is 5.22. The summed E-state index contributed by atoms with van der Waals surface area (Å²) in [5.41, 5.74) is 2.44. The van der Waals surface area contributed by atoms with Crippen LogP contribution in [0.5, 0.6) is 5.75 Å². The molecule has 0 aromatic heterocycles. The van der Waals surface area contributed by atoms with Crippen LogP contribution in [0, 0.1) is 13.8 Å². The van der Waals surface area contributed by atoms with Gasteiger partial charge in [-0.05, 0) is 55.7 Å². The first-order valence-electron chi connectivity index (χ1n) is 8.42. The number of para-hydroxylation sites is 1. The van der Waals surface area contributed by atoms with Gasteiger partial charge in [-0.15, -0.1) is 0 Å². The average Bonchev–Trinajstić information content (AvgIpc) is 2.60. The molecule has 0 bridgehead atoms. The molecule has 0 saturated heterocycles. The smallest absolute Gasteiger partial charge is 0.262 e. The van der Waals surface area contributed by atoms with Crippen LogP contribution in [0.1, 0.15) is 24.5 Å². The van der Waals surface area contributed by atoms with Gasteiger partial charge in [0.25, 0.3) is 5.91 Å². The van der Waals surface area contributed by atoms with Crippen LogP contribution in [0.15, 0.2) is 47.4 Å². The highest BCUT2D eigenvalue weighted by Crippen LogP contribution is 2.22. The third-order valence-electron chi connectivity index (χ3n) is 3.75. The van der Waals surface area contributed by atoms with E-state index in [1.165, 1.54) is 12.1 Å². The van der Waals surface area contributed by atoms with Gasteiger partial charge >= 0.3 is 0 Å². The topological polar surface area (TPSA) is 84.5 Å². The lowest BCUT2D eigenvalue weighted by Crippen LogP contribution is -2.24. The van der Waals surface area contributed by atoms with Gasteiger partial charge in [-0.2, -0.15) is 0 Å². The Bertz CT molecular complexity index is 841. The van der Waals surface area contributed by atoms with E-state index in [1.54, 1.807) is 12.1 Å². The first kappa shape index (κ1) is 19.9. The van der Waals surface area contributed by atoms with Crippen molar-refractivity contribution in [3.05, 3.63) is 53.6 Å². The standard InChI is InChI=1S/C19H24N2O4S/c1-4-12-20-26(23,24)17-10-8-16(9-11-17)21-18(22)13-25-19-14(2)6-5-7-15(19)3/h5-11,20H,4,12-13H2,1-3H3,(H,21,22). The molecule has 1 amide bonds. The third kappa shape index (κ3) is 5.31. The molecule has 2 N–H and O–H groups in total. The highest BCUT2D eigenvalue weighted by Gasteiger charge is 2.13. The summed E-state index contributed by atoms with van der Waals surface area (Å²) < 4.78 is 32.2. The van der Waals surface area contributed by atoms with Crippen LogP contribution in [0.4, 0.5) is 5.69 Å². The molecule has 0 fully saturated rings. The first-order valence-corrected chi connectivity index (χ1v) is 9.90. The minimum Gasteiger partial charge on any atom is -0.483 e. The molecule has 0 aliphatic heterocycles. The maximum Gasteiger partial charge on any atom is 0.262 e. The minimum absolute atomic E-state index is 0.121.